The number of amides is 1. The third-order valence-corrected chi connectivity index (χ3v) is 5.55. The first-order valence-electron chi connectivity index (χ1n) is 8.48. The third-order valence-electron chi connectivity index (χ3n) is 4.11. The van der Waals surface area contributed by atoms with Crippen molar-refractivity contribution in [1.82, 2.24) is 5.32 Å². The summed E-state index contributed by atoms with van der Waals surface area (Å²) in [6.45, 7) is 0. The highest BCUT2D eigenvalue weighted by atomic mass is 35.5. The standard InChI is InChI=1S/C19H15ClF3N3O3S/c1-29-15-6-10(2-5-14(15)27)9-24-26-18-25-17(28)16(30-18)8-11-7-12(19(21,22)23)3-4-13(11)20/h2-7,9,16,27H,8H2,1H3,(H,25,26,28)/b24-9+. The molecule has 0 bridgehead atoms. The number of methoxy groups -OCH3 is 1. The maximum Gasteiger partial charge on any atom is 0.416 e. The molecule has 1 amide bonds. The number of benzene rings is 2. The van der Waals surface area contributed by atoms with Crippen molar-refractivity contribution in [3.63, 3.8) is 0 Å². The molecular formula is C19H15ClF3N3O3S. The number of hydrogen-bond donors (Lipinski definition) is 2. The molecule has 0 aromatic heterocycles. The van der Waals surface area contributed by atoms with E-state index < -0.39 is 22.9 Å². The Bertz CT molecular complexity index is 1030. The van der Waals surface area contributed by atoms with Gasteiger partial charge in [-0.1, -0.05) is 23.4 Å². The van der Waals surface area contributed by atoms with Crippen molar-refractivity contribution in [3.05, 3.63) is 58.1 Å². The van der Waals surface area contributed by atoms with E-state index >= 15 is 0 Å². The van der Waals surface area contributed by atoms with Crippen LogP contribution in [0.5, 0.6) is 11.5 Å². The minimum atomic E-state index is -4.50. The van der Waals surface area contributed by atoms with E-state index in [9.17, 15) is 23.1 Å². The summed E-state index contributed by atoms with van der Waals surface area (Å²) in [5.41, 5.74) is 0.00354. The number of alkyl halides is 3. The second-order valence-electron chi connectivity index (χ2n) is 6.18. The van der Waals surface area contributed by atoms with Gasteiger partial charge >= 0.3 is 6.18 Å². The smallest absolute Gasteiger partial charge is 0.416 e. The third kappa shape index (κ3) is 5.25. The Kier molecular flexibility index (Phi) is 6.57. The fourth-order valence-corrected chi connectivity index (χ4v) is 3.76. The summed E-state index contributed by atoms with van der Waals surface area (Å²) in [5, 5.41) is 19.6. The molecule has 0 spiro atoms. The first-order chi connectivity index (χ1) is 14.2. The molecule has 6 nitrogen and oxygen atoms in total. The van der Waals surface area contributed by atoms with Crippen LogP contribution in [0.25, 0.3) is 0 Å². The van der Waals surface area contributed by atoms with Crippen molar-refractivity contribution < 1.29 is 27.8 Å². The van der Waals surface area contributed by atoms with Crippen LogP contribution >= 0.6 is 23.4 Å². The molecule has 2 N–H and O–H groups in total. The largest absolute Gasteiger partial charge is 0.504 e. The van der Waals surface area contributed by atoms with Crippen LogP contribution in [0.4, 0.5) is 13.2 Å². The van der Waals surface area contributed by atoms with E-state index in [1.165, 1.54) is 25.5 Å². The van der Waals surface area contributed by atoms with Gasteiger partial charge in [-0.25, -0.2) is 0 Å². The van der Waals surface area contributed by atoms with Crippen molar-refractivity contribution in [2.45, 2.75) is 17.8 Å². The van der Waals surface area contributed by atoms with Gasteiger partial charge in [-0.3, -0.25) is 4.79 Å². The van der Waals surface area contributed by atoms with Gasteiger partial charge in [0, 0.05) is 5.02 Å². The number of phenols is 1. The van der Waals surface area contributed by atoms with E-state index in [-0.39, 0.29) is 33.7 Å². The quantitative estimate of drug-likeness (QED) is 0.519. The maximum absolute atomic E-state index is 12.9. The Hall–Kier alpha value is -2.72. The van der Waals surface area contributed by atoms with Gasteiger partial charge in [0.1, 0.15) is 0 Å². The van der Waals surface area contributed by atoms with Gasteiger partial charge in [-0.15, -0.1) is 5.10 Å². The molecule has 0 saturated carbocycles. The lowest BCUT2D eigenvalue weighted by molar-refractivity contribution is -0.137. The topological polar surface area (TPSA) is 83.3 Å². The first-order valence-corrected chi connectivity index (χ1v) is 9.74. The number of phenolic OH excluding ortho intramolecular Hbond substituents is 1. The number of carbonyl (C=O) groups is 1. The van der Waals surface area contributed by atoms with Gasteiger partial charge in [0.25, 0.3) is 0 Å². The molecule has 2 aromatic carbocycles. The van der Waals surface area contributed by atoms with Gasteiger partial charge < -0.3 is 15.2 Å². The van der Waals surface area contributed by atoms with Crippen LogP contribution in [0.15, 0.2) is 46.6 Å². The summed E-state index contributed by atoms with van der Waals surface area (Å²) in [6.07, 6.45) is -3.08. The highest BCUT2D eigenvalue weighted by Crippen LogP contribution is 2.34. The molecule has 1 aliphatic rings. The Morgan fingerprint density at radius 3 is 2.77 bits per heavy atom. The molecule has 158 valence electrons. The van der Waals surface area contributed by atoms with Crippen molar-refractivity contribution in [1.29, 1.82) is 0 Å². The number of amidine groups is 1. The second-order valence-corrected chi connectivity index (χ2v) is 7.78. The maximum atomic E-state index is 12.9. The number of carbonyl (C=O) groups excluding carboxylic acids is 1. The Morgan fingerprint density at radius 1 is 1.30 bits per heavy atom. The summed E-state index contributed by atoms with van der Waals surface area (Å²) < 4.78 is 43.7. The molecule has 3 rings (SSSR count). The SMILES string of the molecule is COc1cc(/C=N/N=C2/NC(=O)C(Cc3cc(C(F)(F)F)ccc3Cl)S2)ccc1O. The fourth-order valence-electron chi connectivity index (χ4n) is 2.62. The predicted molar refractivity (Wildman–Crippen MR) is 109 cm³/mol. The van der Waals surface area contributed by atoms with E-state index in [0.29, 0.717) is 5.56 Å². The van der Waals surface area contributed by atoms with Gasteiger partial charge in [0.2, 0.25) is 5.91 Å². The number of halogens is 4. The normalized spacial score (nSPS) is 18.2. The lowest BCUT2D eigenvalue weighted by atomic mass is 10.1. The summed E-state index contributed by atoms with van der Waals surface area (Å²) >= 11 is 7.06. The van der Waals surface area contributed by atoms with E-state index in [0.717, 1.165) is 23.9 Å². The molecule has 0 aliphatic carbocycles. The molecule has 30 heavy (non-hydrogen) atoms. The predicted octanol–water partition coefficient (Wildman–Crippen LogP) is 4.24. The van der Waals surface area contributed by atoms with E-state index in [2.05, 4.69) is 15.5 Å². The monoisotopic (exact) mass is 457 g/mol. The van der Waals surface area contributed by atoms with Gasteiger partial charge in [-0.2, -0.15) is 18.3 Å². The van der Waals surface area contributed by atoms with Gasteiger partial charge in [-0.05, 0) is 53.9 Å². The van der Waals surface area contributed by atoms with Crippen LogP contribution in [0.3, 0.4) is 0 Å². The van der Waals surface area contributed by atoms with Crippen molar-refractivity contribution >= 4 is 40.7 Å². The number of nitrogens with zero attached hydrogens (tertiary/aromatic N) is 2. The fraction of sp³-hybridized carbons (Fsp3) is 0.211. The van der Waals surface area contributed by atoms with Gasteiger partial charge in [0.05, 0.1) is 24.1 Å². The average molecular weight is 458 g/mol. The molecular weight excluding hydrogens is 443 g/mol. The minimum Gasteiger partial charge on any atom is -0.504 e. The van der Waals surface area contributed by atoms with Crippen LogP contribution < -0.4 is 10.1 Å². The summed E-state index contributed by atoms with van der Waals surface area (Å²) in [6, 6.07) is 7.60. The molecule has 1 atom stereocenters. The number of rotatable bonds is 5. The highest BCUT2D eigenvalue weighted by Gasteiger charge is 2.34. The Labute approximate surface area is 178 Å². The molecule has 1 unspecified atom stereocenters. The number of hydrogen-bond acceptors (Lipinski definition) is 6. The van der Waals surface area contributed by atoms with Crippen LogP contribution in [-0.2, 0) is 17.4 Å². The molecule has 11 heteroatoms. The zero-order chi connectivity index (χ0) is 21.9. The van der Waals surface area contributed by atoms with Crippen molar-refractivity contribution in [2.75, 3.05) is 7.11 Å². The number of thioether (sulfide) groups is 1. The van der Waals surface area contributed by atoms with Crippen LogP contribution in [0.2, 0.25) is 5.02 Å². The number of nitrogens with one attached hydrogen (secondary N) is 1. The Balaban J connectivity index is 1.69. The van der Waals surface area contributed by atoms with Crippen LogP contribution in [0, 0.1) is 0 Å². The molecule has 0 radical (unpaired) electrons. The lowest BCUT2D eigenvalue weighted by Gasteiger charge is -2.12. The van der Waals surface area contributed by atoms with E-state index in [1.54, 1.807) is 12.1 Å². The first kappa shape index (κ1) is 22.0. The average Bonchev–Trinajstić information content (AvgIpc) is 3.03. The summed E-state index contributed by atoms with van der Waals surface area (Å²) in [7, 11) is 1.41. The van der Waals surface area contributed by atoms with Crippen LogP contribution in [-0.4, -0.2) is 34.8 Å². The summed E-state index contributed by atoms with van der Waals surface area (Å²) in [4.78, 5) is 12.2. The van der Waals surface area contributed by atoms with E-state index in [4.69, 9.17) is 16.3 Å². The van der Waals surface area contributed by atoms with Crippen molar-refractivity contribution in [2.24, 2.45) is 10.2 Å². The number of aromatic hydroxyl groups is 1. The molecule has 1 aliphatic heterocycles. The Morgan fingerprint density at radius 2 is 2.07 bits per heavy atom. The molecule has 1 fully saturated rings. The minimum absolute atomic E-state index is 0.0111. The van der Waals surface area contributed by atoms with E-state index in [1.807, 2.05) is 0 Å². The zero-order valence-corrected chi connectivity index (χ0v) is 17.0. The lowest BCUT2D eigenvalue weighted by Crippen LogP contribution is -2.26. The van der Waals surface area contributed by atoms with Crippen LogP contribution in [0.1, 0.15) is 16.7 Å². The second kappa shape index (κ2) is 8.97. The molecule has 1 heterocycles. The van der Waals surface area contributed by atoms with Crippen molar-refractivity contribution in [3.8, 4) is 11.5 Å². The molecule has 1 saturated heterocycles. The zero-order valence-electron chi connectivity index (χ0n) is 15.4. The summed E-state index contributed by atoms with van der Waals surface area (Å²) in [5.74, 6) is -0.141. The van der Waals surface area contributed by atoms with Gasteiger partial charge in [0.15, 0.2) is 16.7 Å². The molecule has 2 aromatic rings. The number of ether oxygens (including phenoxy) is 1. The highest BCUT2D eigenvalue weighted by molar-refractivity contribution is 8.15.